The number of hydrogen-bond acceptors (Lipinski definition) is 4. The molecule has 2 aliphatic heterocycles. The maximum absolute atomic E-state index is 4.58. The molecule has 1 saturated heterocycles. The summed E-state index contributed by atoms with van der Waals surface area (Å²) in [5, 5.41) is 4.58. The summed E-state index contributed by atoms with van der Waals surface area (Å²) in [6, 6.07) is 2.15. The molecular formula is C19H41B2N5. The van der Waals surface area contributed by atoms with Crippen molar-refractivity contribution >= 4 is 19.8 Å². The minimum atomic E-state index is -0.00699. The van der Waals surface area contributed by atoms with Crippen molar-refractivity contribution in [2.45, 2.75) is 93.1 Å². The van der Waals surface area contributed by atoms with Gasteiger partial charge < -0.3 is 14.3 Å². The monoisotopic (exact) mass is 361 g/mol. The van der Waals surface area contributed by atoms with Crippen molar-refractivity contribution in [3.05, 3.63) is 12.3 Å². The van der Waals surface area contributed by atoms with E-state index in [9.17, 15) is 0 Å². The molecule has 1 aromatic rings. The molecule has 2 aliphatic rings. The molecule has 1 atom stereocenters. The van der Waals surface area contributed by atoms with E-state index in [1.165, 1.54) is 25.1 Å². The maximum atomic E-state index is 4.58. The smallest absolute Gasteiger partial charge is 0.331 e. The van der Waals surface area contributed by atoms with Crippen LogP contribution in [0.4, 0.5) is 5.82 Å². The second kappa shape index (κ2) is 9.84. The summed E-state index contributed by atoms with van der Waals surface area (Å²) in [4.78, 5) is 5.05. The SMILES string of the molecule is CC.CCC.CCCCN1B(C)N(C)C2N(B1C)c1ccnn1C2(C)C. The van der Waals surface area contributed by atoms with E-state index in [1.54, 1.807) is 0 Å². The van der Waals surface area contributed by atoms with Crippen LogP contribution in [0.5, 0.6) is 0 Å². The van der Waals surface area contributed by atoms with E-state index in [4.69, 9.17) is 0 Å². The number of likely N-dealkylation sites (N-methyl/N-ethyl adjacent to an activating group) is 1. The molecule has 26 heavy (non-hydrogen) atoms. The van der Waals surface area contributed by atoms with Crippen LogP contribution in [0.2, 0.25) is 13.6 Å². The van der Waals surface area contributed by atoms with E-state index in [1.807, 2.05) is 20.0 Å². The molecule has 0 amide bonds. The third-order valence-electron chi connectivity index (χ3n) is 5.44. The van der Waals surface area contributed by atoms with Gasteiger partial charge in [0, 0.05) is 0 Å². The minimum Gasteiger partial charge on any atom is -0.370 e. The normalized spacial score (nSPS) is 21.5. The highest BCUT2D eigenvalue weighted by atomic mass is 15.6. The largest absolute Gasteiger partial charge is 0.370 e. The van der Waals surface area contributed by atoms with Gasteiger partial charge in [-0.3, -0.25) is 0 Å². The molecule has 0 N–H and O–H groups in total. The van der Waals surface area contributed by atoms with Gasteiger partial charge in [0.2, 0.25) is 0 Å². The number of aromatic nitrogens is 2. The highest BCUT2D eigenvalue weighted by Gasteiger charge is 2.56. The van der Waals surface area contributed by atoms with Gasteiger partial charge >= 0.3 is 6.98 Å². The van der Waals surface area contributed by atoms with Crippen LogP contribution in [-0.4, -0.2) is 53.0 Å². The van der Waals surface area contributed by atoms with Crippen molar-refractivity contribution in [2.24, 2.45) is 0 Å². The first-order chi connectivity index (χ1) is 12.3. The first-order valence-corrected chi connectivity index (χ1v) is 10.6. The van der Waals surface area contributed by atoms with Crippen molar-refractivity contribution in [2.75, 3.05) is 18.4 Å². The van der Waals surface area contributed by atoms with E-state index in [2.05, 4.69) is 85.5 Å². The van der Waals surface area contributed by atoms with Crippen LogP contribution in [0.25, 0.3) is 0 Å². The Hall–Kier alpha value is -0.940. The zero-order chi connectivity index (χ0) is 20.1. The highest BCUT2D eigenvalue weighted by molar-refractivity contribution is 6.73. The number of anilines is 1. The van der Waals surface area contributed by atoms with Crippen LogP contribution in [-0.2, 0) is 5.54 Å². The van der Waals surface area contributed by atoms with Crippen LogP contribution < -0.4 is 4.81 Å². The van der Waals surface area contributed by atoms with Crippen molar-refractivity contribution < 1.29 is 0 Å². The Bertz CT molecular complexity index is 534. The van der Waals surface area contributed by atoms with Crippen molar-refractivity contribution in [1.29, 1.82) is 0 Å². The number of unbranched alkanes of at least 4 members (excludes halogenated alkanes) is 1. The van der Waals surface area contributed by atoms with Crippen LogP contribution in [0, 0.1) is 0 Å². The number of nitrogens with zero attached hydrogens (tertiary/aromatic N) is 5. The Labute approximate surface area is 163 Å². The summed E-state index contributed by atoms with van der Waals surface area (Å²) in [6.07, 6.45) is 6.04. The molecule has 5 nitrogen and oxygen atoms in total. The predicted molar refractivity (Wildman–Crippen MR) is 118 cm³/mol. The van der Waals surface area contributed by atoms with Gasteiger partial charge in [0.1, 0.15) is 5.82 Å². The average molecular weight is 361 g/mol. The fourth-order valence-electron chi connectivity index (χ4n) is 4.23. The molecule has 1 unspecified atom stereocenters. The Morgan fingerprint density at radius 2 is 1.69 bits per heavy atom. The van der Waals surface area contributed by atoms with Crippen LogP contribution in [0.3, 0.4) is 0 Å². The van der Waals surface area contributed by atoms with Crippen molar-refractivity contribution in [1.82, 2.24) is 19.3 Å². The van der Waals surface area contributed by atoms with Gasteiger partial charge in [-0.25, -0.2) is 4.68 Å². The summed E-state index contributed by atoms with van der Waals surface area (Å²) >= 11 is 0. The van der Waals surface area contributed by atoms with Crippen LogP contribution in [0.15, 0.2) is 12.3 Å². The highest BCUT2D eigenvalue weighted by Crippen LogP contribution is 2.43. The van der Waals surface area contributed by atoms with E-state index < -0.39 is 0 Å². The predicted octanol–water partition coefficient (Wildman–Crippen LogP) is 4.49. The standard InChI is InChI=1S/C14H27B2N5.C3H8.C2H6/c1-7-8-11-19-15(4)18(6)13-14(2,3)21-12(9-10-17-21)20(13)16(19)5;1-3-2;1-2/h9-10,13H,7-8,11H2,1-6H3;3H2,1-2H3;1-2H3. The summed E-state index contributed by atoms with van der Waals surface area (Å²) < 4.78 is 4.81. The Morgan fingerprint density at radius 3 is 2.23 bits per heavy atom. The van der Waals surface area contributed by atoms with E-state index >= 15 is 0 Å². The lowest BCUT2D eigenvalue weighted by atomic mass is 9.56. The van der Waals surface area contributed by atoms with E-state index in [0.717, 1.165) is 6.54 Å². The molecule has 7 heteroatoms. The van der Waals surface area contributed by atoms with E-state index in [0.29, 0.717) is 20.1 Å². The third kappa shape index (κ3) is 3.99. The van der Waals surface area contributed by atoms with Gasteiger partial charge in [-0.15, -0.1) is 0 Å². The van der Waals surface area contributed by atoms with Gasteiger partial charge in [-0.2, -0.15) is 5.10 Å². The summed E-state index contributed by atoms with van der Waals surface area (Å²) in [5.41, 5.74) is -0.00699. The van der Waals surface area contributed by atoms with Crippen LogP contribution >= 0.6 is 0 Å². The molecule has 0 aromatic carbocycles. The molecule has 1 aromatic heterocycles. The lowest BCUT2D eigenvalue weighted by Crippen LogP contribution is -2.75. The van der Waals surface area contributed by atoms with Crippen LogP contribution in [0.1, 0.15) is 67.7 Å². The Morgan fingerprint density at radius 1 is 1.12 bits per heavy atom. The topological polar surface area (TPSA) is 27.5 Å². The fraction of sp³-hybridized carbons (Fsp3) is 0.842. The van der Waals surface area contributed by atoms with Gasteiger partial charge in [-0.05, 0) is 39.9 Å². The van der Waals surface area contributed by atoms with Gasteiger partial charge in [0.05, 0.1) is 17.9 Å². The second-order valence-electron chi connectivity index (χ2n) is 7.76. The Kier molecular flexibility index (Phi) is 8.74. The van der Waals surface area contributed by atoms with Gasteiger partial charge in [-0.1, -0.05) is 61.1 Å². The lowest BCUT2D eigenvalue weighted by Gasteiger charge is -2.53. The molecule has 148 valence electrons. The van der Waals surface area contributed by atoms with E-state index in [-0.39, 0.29) is 5.54 Å². The first kappa shape index (κ1) is 23.1. The molecule has 0 saturated carbocycles. The molecule has 3 rings (SSSR count). The number of rotatable bonds is 3. The quantitative estimate of drug-likeness (QED) is 0.742. The average Bonchev–Trinajstić information content (AvgIpc) is 3.17. The lowest BCUT2D eigenvalue weighted by molar-refractivity contribution is 0.190. The maximum Gasteiger partial charge on any atom is 0.331 e. The molecular weight excluding hydrogens is 320 g/mol. The van der Waals surface area contributed by atoms with Crippen molar-refractivity contribution in [3.8, 4) is 0 Å². The molecule has 0 aliphatic carbocycles. The molecule has 0 spiro atoms. The third-order valence-corrected chi connectivity index (χ3v) is 5.44. The zero-order valence-electron chi connectivity index (χ0n) is 19.0. The Balaban J connectivity index is 0.000000615. The molecule has 0 radical (unpaired) electrons. The second-order valence-corrected chi connectivity index (χ2v) is 7.76. The molecule has 0 bridgehead atoms. The first-order valence-electron chi connectivity index (χ1n) is 10.6. The fourth-order valence-corrected chi connectivity index (χ4v) is 4.23. The number of hydrogen-bond donors (Lipinski definition) is 0. The van der Waals surface area contributed by atoms with Crippen molar-refractivity contribution in [3.63, 3.8) is 0 Å². The zero-order valence-corrected chi connectivity index (χ0v) is 19.0. The summed E-state index contributed by atoms with van der Waals surface area (Å²) in [6.45, 7) is 21.8. The number of fused-ring (bicyclic) bond motifs is 3. The van der Waals surface area contributed by atoms with Gasteiger partial charge in [0.15, 0.2) is 0 Å². The minimum absolute atomic E-state index is 0.00699. The summed E-state index contributed by atoms with van der Waals surface area (Å²) in [5.74, 6) is 1.25. The van der Waals surface area contributed by atoms with Gasteiger partial charge in [0.25, 0.3) is 6.98 Å². The summed E-state index contributed by atoms with van der Waals surface area (Å²) in [7, 11) is 2.25. The molecule has 1 fully saturated rings. The molecule has 3 heterocycles.